The van der Waals surface area contributed by atoms with E-state index in [-0.39, 0.29) is 41.1 Å². The summed E-state index contributed by atoms with van der Waals surface area (Å²) >= 11 is 0. The first-order valence-corrected chi connectivity index (χ1v) is 13.5. The van der Waals surface area contributed by atoms with Gasteiger partial charge in [-0.05, 0) is 55.2 Å². The molecule has 0 aromatic heterocycles. The number of esters is 2. The Bertz CT molecular complexity index is 1450. The van der Waals surface area contributed by atoms with E-state index < -0.39 is 53.3 Å². The van der Waals surface area contributed by atoms with Crippen LogP contribution < -0.4 is 4.74 Å². The van der Waals surface area contributed by atoms with Gasteiger partial charge in [-0.2, -0.15) is 0 Å². The van der Waals surface area contributed by atoms with Crippen molar-refractivity contribution in [1.82, 2.24) is 0 Å². The van der Waals surface area contributed by atoms with Crippen molar-refractivity contribution in [2.24, 2.45) is 11.8 Å². The summed E-state index contributed by atoms with van der Waals surface area (Å²) in [4.78, 5) is 37.2. The van der Waals surface area contributed by atoms with Crippen LogP contribution in [0.25, 0.3) is 0 Å². The third kappa shape index (κ3) is 3.87. The maximum Gasteiger partial charge on any atom is 0.349 e. The average Bonchev–Trinajstić information content (AvgIpc) is 3.32. The number of aromatic hydroxyl groups is 1. The molecule has 1 spiro atoms. The molecule has 8 atom stereocenters. The van der Waals surface area contributed by atoms with Gasteiger partial charge in [-0.15, -0.1) is 0 Å². The zero-order valence-corrected chi connectivity index (χ0v) is 22.1. The Labute approximate surface area is 234 Å². The van der Waals surface area contributed by atoms with E-state index in [0.29, 0.717) is 18.4 Å². The highest BCUT2D eigenvalue weighted by molar-refractivity contribution is 5.87. The van der Waals surface area contributed by atoms with E-state index in [1.807, 2.05) is 6.07 Å². The van der Waals surface area contributed by atoms with E-state index >= 15 is 0 Å². The van der Waals surface area contributed by atoms with E-state index in [0.717, 1.165) is 12.0 Å². The van der Waals surface area contributed by atoms with Crippen LogP contribution in [0.4, 0.5) is 0 Å². The zero-order valence-electron chi connectivity index (χ0n) is 22.1. The summed E-state index contributed by atoms with van der Waals surface area (Å²) in [6.45, 7) is 2.09. The molecule has 2 bridgehead atoms. The molecule has 1 aliphatic heterocycles. The standard InChI is InChI=1S/C30H30O11/c1-14-9-11-29-20-16-7-8-18(31)24(20)40-25(29)19(10-12-30(29,38)17(14)13-16)39-27(36)21(32)22(33)28(37)41-23(26(34)35)15-5-3-2-4-6-15/h2-8,10,14,17,21-23,25,31-33,38H,9,11-13H2,1H3,(H,34,35)/t14?,17-,21+,22+,23?,25-,29?,30+/m0/s1. The maximum atomic E-state index is 13.0. The van der Waals surface area contributed by atoms with E-state index in [2.05, 4.69) is 6.92 Å². The summed E-state index contributed by atoms with van der Waals surface area (Å²) in [7, 11) is 0. The smallest absolute Gasteiger partial charge is 0.349 e. The quantitative estimate of drug-likeness (QED) is 0.308. The predicted molar refractivity (Wildman–Crippen MR) is 138 cm³/mol. The molecule has 5 N–H and O–H groups in total. The number of phenolic OH excluding ortho intramolecular Hbond substituents is 1. The lowest BCUT2D eigenvalue weighted by Gasteiger charge is -2.61. The monoisotopic (exact) mass is 566 g/mol. The van der Waals surface area contributed by atoms with Crippen LogP contribution in [0.1, 0.15) is 49.0 Å². The second kappa shape index (κ2) is 9.57. The maximum absolute atomic E-state index is 13.0. The number of phenols is 1. The number of hydrogen-bond acceptors (Lipinski definition) is 10. The van der Waals surface area contributed by atoms with Crippen molar-refractivity contribution in [1.29, 1.82) is 0 Å². The minimum atomic E-state index is -2.45. The number of aliphatic hydroxyl groups excluding tert-OH is 2. The number of rotatable bonds is 7. The molecule has 3 unspecified atom stereocenters. The fraction of sp³-hybridized carbons (Fsp3) is 0.433. The largest absolute Gasteiger partial charge is 0.504 e. The van der Waals surface area contributed by atoms with Crippen molar-refractivity contribution >= 4 is 17.9 Å². The number of carbonyl (C=O) groups is 3. The molecule has 3 aliphatic carbocycles. The molecule has 11 heteroatoms. The fourth-order valence-corrected chi connectivity index (χ4v) is 7.32. The number of carboxylic acids is 1. The molecule has 0 saturated heterocycles. The van der Waals surface area contributed by atoms with Gasteiger partial charge in [-0.3, -0.25) is 0 Å². The lowest BCUT2D eigenvalue weighted by molar-refractivity contribution is -0.183. The highest BCUT2D eigenvalue weighted by Gasteiger charge is 2.72. The highest BCUT2D eigenvalue weighted by Crippen LogP contribution is 2.68. The number of ether oxygens (including phenoxy) is 3. The van der Waals surface area contributed by atoms with Gasteiger partial charge in [0.05, 0.1) is 11.0 Å². The van der Waals surface area contributed by atoms with Gasteiger partial charge < -0.3 is 39.7 Å². The van der Waals surface area contributed by atoms with Crippen molar-refractivity contribution < 1.29 is 54.1 Å². The predicted octanol–water partition coefficient (Wildman–Crippen LogP) is 1.65. The highest BCUT2D eigenvalue weighted by atomic mass is 16.6. The minimum Gasteiger partial charge on any atom is -0.504 e. The van der Waals surface area contributed by atoms with Gasteiger partial charge in [0.1, 0.15) is 5.76 Å². The number of aliphatic carboxylic acids is 1. The van der Waals surface area contributed by atoms with Crippen LogP contribution in [0, 0.1) is 11.8 Å². The molecule has 2 aromatic carbocycles. The summed E-state index contributed by atoms with van der Waals surface area (Å²) in [5, 5.41) is 53.2. The van der Waals surface area contributed by atoms with Crippen LogP contribution in [0.5, 0.6) is 11.5 Å². The summed E-state index contributed by atoms with van der Waals surface area (Å²) in [5.74, 6) is -4.25. The van der Waals surface area contributed by atoms with Crippen LogP contribution in [0.3, 0.4) is 0 Å². The number of benzene rings is 2. The van der Waals surface area contributed by atoms with Crippen LogP contribution in [-0.2, 0) is 35.7 Å². The molecular formula is C30H30O11. The van der Waals surface area contributed by atoms with Gasteiger partial charge in [0.25, 0.3) is 0 Å². The molecule has 0 amide bonds. The van der Waals surface area contributed by atoms with Crippen molar-refractivity contribution in [2.75, 3.05) is 0 Å². The number of aliphatic hydroxyl groups is 3. The van der Waals surface area contributed by atoms with Crippen molar-refractivity contribution in [3.8, 4) is 11.5 Å². The lowest BCUT2D eigenvalue weighted by atomic mass is 9.45. The first kappa shape index (κ1) is 27.3. The van der Waals surface area contributed by atoms with Gasteiger partial charge >= 0.3 is 17.9 Å². The average molecular weight is 567 g/mol. The topological polar surface area (TPSA) is 180 Å². The molecule has 41 heavy (non-hydrogen) atoms. The Morgan fingerprint density at radius 3 is 2.46 bits per heavy atom. The third-order valence-corrected chi connectivity index (χ3v) is 9.29. The fourth-order valence-electron chi connectivity index (χ4n) is 7.32. The number of hydrogen-bond donors (Lipinski definition) is 5. The SMILES string of the molecule is CC1CCC23c4c5ccc(O)c4O[C@H]2C(OC(=O)[C@H](O)[C@@H](O)C(=O)OC(C(=O)O)c2ccccc2)=CC[C@@]3(O)[C@H]1C5. The van der Waals surface area contributed by atoms with Crippen LogP contribution in [0.15, 0.2) is 54.3 Å². The van der Waals surface area contributed by atoms with E-state index in [1.54, 1.807) is 6.07 Å². The molecule has 216 valence electrons. The first-order chi connectivity index (χ1) is 19.5. The molecule has 2 aromatic rings. The van der Waals surface area contributed by atoms with E-state index in [9.17, 15) is 39.9 Å². The Morgan fingerprint density at radius 1 is 1.05 bits per heavy atom. The first-order valence-electron chi connectivity index (χ1n) is 13.5. The second-order valence-corrected chi connectivity index (χ2v) is 11.4. The van der Waals surface area contributed by atoms with Gasteiger partial charge in [0.2, 0.25) is 6.10 Å². The van der Waals surface area contributed by atoms with Gasteiger partial charge in [-0.25, -0.2) is 14.4 Å². The Balaban J connectivity index is 1.24. The van der Waals surface area contributed by atoms with Crippen LogP contribution in [0.2, 0.25) is 0 Å². The molecular weight excluding hydrogens is 536 g/mol. The van der Waals surface area contributed by atoms with Gasteiger partial charge in [0.15, 0.2) is 29.8 Å². The molecule has 1 fully saturated rings. The number of carbonyl (C=O) groups excluding carboxylic acids is 2. The molecule has 1 heterocycles. The normalized spacial score (nSPS) is 31.0. The Hall–Kier alpha value is -3.93. The molecule has 0 radical (unpaired) electrons. The van der Waals surface area contributed by atoms with Crippen molar-refractivity contribution in [3.05, 3.63) is 71.0 Å². The summed E-state index contributed by atoms with van der Waals surface area (Å²) in [6.07, 6.45) is -4.14. The van der Waals surface area contributed by atoms with Crippen LogP contribution in [-0.4, -0.2) is 67.4 Å². The number of carboxylic acid groups (broad SMARTS) is 1. The van der Waals surface area contributed by atoms with Gasteiger partial charge in [0, 0.05) is 11.1 Å². The van der Waals surface area contributed by atoms with Crippen molar-refractivity contribution in [3.63, 3.8) is 0 Å². The summed E-state index contributed by atoms with van der Waals surface area (Å²) < 4.78 is 16.6. The Kier molecular flexibility index (Phi) is 6.36. The second-order valence-electron chi connectivity index (χ2n) is 11.4. The van der Waals surface area contributed by atoms with Crippen molar-refractivity contribution in [2.45, 2.75) is 68.0 Å². The molecule has 1 saturated carbocycles. The minimum absolute atomic E-state index is 0.0243. The molecule has 11 nitrogen and oxygen atoms in total. The van der Waals surface area contributed by atoms with E-state index in [1.165, 1.54) is 36.4 Å². The Morgan fingerprint density at radius 2 is 1.76 bits per heavy atom. The van der Waals surface area contributed by atoms with Crippen LogP contribution >= 0.6 is 0 Å². The summed E-state index contributed by atoms with van der Waals surface area (Å²) in [5.41, 5.74) is -0.492. The summed E-state index contributed by atoms with van der Waals surface area (Å²) in [6, 6.07) is 10.9. The zero-order chi connectivity index (χ0) is 29.3. The van der Waals surface area contributed by atoms with Gasteiger partial charge in [-0.1, -0.05) is 43.3 Å². The molecule has 4 aliphatic rings. The molecule has 6 rings (SSSR count). The third-order valence-electron chi connectivity index (χ3n) is 9.29. The lowest BCUT2D eigenvalue weighted by Crippen LogP contribution is -2.69. The van der Waals surface area contributed by atoms with E-state index in [4.69, 9.17) is 14.2 Å².